The summed E-state index contributed by atoms with van der Waals surface area (Å²) in [5.74, 6) is -0.0753. The Kier molecular flexibility index (Phi) is 5.58. The van der Waals surface area contributed by atoms with Crippen molar-refractivity contribution in [2.24, 2.45) is 0 Å². The van der Waals surface area contributed by atoms with Crippen molar-refractivity contribution in [3.8, 4) is 0 Å². The Bertz CT molecular complexity index is 954. The van der Waals surface area contributed by atoms with Gasteiger partial charge in [-0.1, -0.05) is 29.8 Å². The SMILES string of the molecule is Cc1ccc(CNc2cc(C(=O)Nc3ccc(C(F)(F)F)cc3)ncn2)cc1. The maximum atomic E-state index is 12.6. The molecule has 0 spiro atoms. The van der Waals surface area contributed by atoms with E-state index >= 15 is 0 Å². The van der Waals surface area contributed by atoms with Gasteiger partial charge in [0.05, 0.1) is 5.56 Å². The first-order chi connectivity index (χ1) is 13.3. The van der Waals surface area contributed by atoms with Gasteiger partial charge >= 0.3 is 6.18 Å². The molecule has 0 atom stereocenters. The molecule has 0 radical (unpaired) electrons. The Morgan fingerprint density at radius 3 is 2.32 bits per heavy atom. The topological polar surface area (TPSA) is 66.9 Å². The lowest BCUT2D eigenvalue weighted by molar-refractivity contribution is -0.137. The molecule has 0 saturated carbocycles. The van der Waals surface area contributed by atoms with Crippen molar-refractivity contribution < 1.29 is 18.0 Å². The van der Waals surface area contributed by atoms with Crippen molar-refractivity contribution in [2.75, 3.05) is 10.6 Å². The van der Waals surface area contributed by atoms with Crippen LogP contribution in [0.25, 0.3) is 0 Å². The minimum absolute atomic E-state index is 0.0984. The molecule has 0 saturated heterocycles. The molecular formula is C20H17F3N4O. The van der Waals surface area contributed by atoms with Crippen LogP contribution in [-0.4, -0.2) is 15.9 Å². The largest absolute Gasteiger partial charge is 0.416 e. The van der Waals surface area contributed by atoms with Crippen LogP contribution in [0.15, 0.2) is 60.9 Å². The predicted molar refractivity (Wildman–Crippen MR) is 99.9 cm³/mol. The monoisotopic (exact) mass is 386 g/mol. The van der Waals surface area contributed by atoms with Crippen molar-refractivity contribution in [3.05, 3.63) is 83.3 Å². The molecule has 1 aromatic heterocycles. The van der Waals surface area contributed by atoms with E-state index in [1.807, 2.05) is 31.2 Å². The molecule has 5 nitrogen and oxygen atoms in total. The first kappa shape index (κ1) is 19.3. The summed E-state index contributed by atoms with van der Waals surface area (Å²) in [4.78, 5) is 20.3. The molecule has 28 heavy (non-hydrogen) atoms. The normalized spacial score (nSPS) is 11.1. The first-order valence-electron chi connectivity index (χ1n) is 8.41. The molecule has 8 heteroatoms. The van der Waals surface area contributed by atoms with E-state index in [1.54, 1.807) is 0 Å². The van der Waals surface area contributed by atoms with Gasteiger partial charge in [-0.05, 0) is 36.8 Å². The van der Waals surface area contributed by atoms with Crippen LogP contribution in [0.3, 0.4) is 0 Å². The maximum absolute atomic E-state index is 12.6. The van der Waals surface area contributed by atoms with Crippen molar-refractivity contribution in [1.82, 2.24) is 9.97 Å². The number of carbonyl (C=O) groups is 1. The number of aryl methyl sites for hydroxylation is 1. The van der Waals surface area contributed by atoms with E-state index in [0.29, 0.717) is 12.4 Å². The summed E-state index contributed by atoms with van der Waals surface area (Å²) < 4.78 is 37.8. The molecule has 3 rings (SSSR count). The summed E-state index contributed by atoms with van der Waals surface area (Å²) in [7, 11) is 0. The number of nitrogens with zero attached hydrogens (tertiary/aromatic N) is 2. The van der Waals surface area contributed by atoms with Crippen LogP contribution in [0.1, 0.15) is 27.2 Å². The number of alkyl halides is 3. The van der Waals surface area contributed by atoms with Gasteiger partial charge in [0, 0.05) is 18.3 Å². The number of halogens is 3. The zero-order valence-electron chi connectivity index (χ0n) is 14.9. The van der Waals surface area contributed by atoms with E-state index in [1.165, 1.54) is 24.5 Å². The predicted octanol–water partition coefficient (Wildman–Crippen LogP) is 4.67. The van der Waals surface area contributed by atoms with E-state index in [9.17, 15) is 18.0 Å². The zero-order chi connectivity index (χ0) is 20.1. The minimum atomic E-state index is -4.42. The summed E-state index contributed by atoms with van der Waals surface area (Å²) in [6.45, 7) is 2.53. The third-order valence-corrected chi connectivity index (χ3v) is 3.96. The Morgan fingerprint density at radius 2 is 1.68 bits per heavy atom. The van der Waals surface area contributed by atoms with Crippen LogP contribution >= 0.6 is 0 Å². The average molecular weight is 386 g/mol. The molecule has 2 aromatic carbocycles. The van der Waals surface area contributed by atoms with Crippen molar-refractivity contribution in [2.45, 2.75) is 19.6 Å². The Labute approximate surface area is 159 Å². The van der Waals surface area contributed by atoms with Gasteiger partial charge in [0.25, 0.3) is 5.91 Å². The highest BCUT2D eigenvalue weighted by Crippen LogP contribution is 2.29. The smallest absolute Gasteiger partial charge is 0.366 e. The standard InChI is InChI=1S/C20H17F3N4O/c1-13-2-4-14(5-3-13)11-24-18-10-17(25-12-26-18)19(28)27-16-8-6-15(7-9-16)20(21,22)23/h2-10,12H,11H2,1H3,(H,27,28)(H,24,25,26). The van der Waals surface area contributed by atoms with Crippen LogP contribution in [-0.2, 0) is 12.7 Å². The van der Waals surface area contributed by atoms with E-state index in [4.69, 9.17) is 0 Å². The third-order valence-electron chi connectivity index (χ3n) is 3.96. The number of hydrogen-bond acceptors (Lipinski definition) is 4. The highest BCUT2D eigenvalue weighted by atomic mass is 19.4. The third kappa shape index (κ3) is 5.06. The lowest BCUT2D eigenvalue weighted by Crippen LogP contribution is -2.15. The van der Waals surface area contributed by atoms with Crippen LogP contribution in [0.2, 0.25) is 0 Å². The molecule has 1 amide bonds. The second-order valence-electron chi connectivity index (χ2n) is 6.16. The van der Waals surface area contributed by atoms with Crippen LogP contribution in [0.5, 0.6) is 0 Å². The van der Waals surface area contributed by atoms with Gasteiger partial charge in [0.15, 0.2) is 0 Å². The Balaban J connectivity index is 1.64. The van der Waals surface area contributed by atoms with Gasteiger partial charge in [-0.25, -0.2) is 9.97 Å². The molecule has 0 aliphatic carbocycles. The summed E-state index contributed by atoms with van der Waals surface area (Å²) in [6.07, 6.45) is -3.17. The molecule has 144 valence electrons. The fourth-order valence-corrected chi connectivity index (χ4v) is 2.41. The van der Waals surface area contributed by atoms with Crippen LogP contribution in [0.4, 0.5) is 24.7 Å². The van der Waals surface area contributed by atoms with Gasteiger partial charge < -0.3 is 10.6 Å². The van der Waals surface area contributed by atoms with Crippen molar-refractivity contribution in [1.29, 1.82) is 0 Å². The number of anilines is 2. The van der Waals surface area contributed by atoms with Gasteiger partial charge in [0.1, 0.15) is 17.8 Å². The second kappa shape index (κ2) is 8.08. The zero-order valence-corrected chi connectivity index (χ0v) is 14.9. The highest BCUT2D eigenvalue weighted by Gasteiger charge is 2.30. The number of amides is 1. The number of nitrogens with one attached hydrogen (secondary N) is 2. The van der Waals surface area contributed by atoms with Gasteiger partial charge in [-0.3, -0.25) is 4.79 Å². The molecule has 0 fully saturated rings. The van der Waals surface area contributed by atoms with Gasteiger partial charge in [-0.15, -0.1) is 0 Å². The quantitative estimate of drug-likeness (QED) is 0.669. The molecular weight excluding hydrogens is 369 g/mol. The number of hydrogen-bond donors (Lipinski definition) is 2. The summed E-state index contributed by atoms with van der Waals surface area (Å²) >= 11 is 0. The molecule has 0 unspecified atom stereocenters. The van der Waals surface area contributed by atoms with E-state index in [0.717, 1.165) is 23.3 Å². The molecule has 3 aromatic rings. The molecule has 1 heterocycles. The summed E-state index contributed by atoms with van der Waals surface area (Å²) in [6, 6.07) is 13.7. The highest BCUT2D eigenvalue weighted by molar-refractivity contribution is 6.03. The Morgan fingerprint density at radius 1 is 1.00 bits per heavy atom. The van der Waals surface area contributed by atoms with Crippen molar-refractivity contribution in [3.63, 3.8) is 0 Å². The minimum Gasteiger partial charge on any atom is -0.366 e. The lowest BCUT2D eigenvalue weighted by atomic mass is 10.1. The fourth-order valence-electron chi connectivity index (χ4n) is 2.41. The number of benzene rings is 2. The number of carbonyl (C=O) groups excluding carboxylic acids is 1. The van der Waals surface area contributed by atoms with Gasteiger partial charge in [-0.2, -0.15) is 13.2 Å². The molecule has 0 aliphatic heterocycles. The molecule has 0 aliphatic rings. The van der Waals surface area contributed by atoms with Crippen LogP contribution in [0, 0.1) is 6.92 Å². The fraction of sp³-hybridized carbons (Fsp3) is 0.150. The molecule has 0 bridgehead atoms. The Hall–Kier alpha value is -3.42. The van der Waals surface area contributed by atoms with Gasteiger partial charge in [0.2, 0.25) is 0 Å². The molecule has 2 N–H and O–H groups in total. The maximum Gasteiger partial charge on any atom is 0.416 e. The second-order valence-corrected chi connectivity index (χ2v) is 6.16. The summed E-state index contributed by atoms with van der Waals surface area (Å²) in [5, 5.41) is 5.63. The average Bonchev–Trinajstić information content (AvgIpc) is 2.67. The van der Waals surface area contributed by atoms with E-state index < -0.39 is 17.6 Å². The van der Waals surface area contributed by atoms with Crippen LogP contribution < -0.4 is 10.6 Å². The first-order valence-corrected chi connectivity index (χ1v) is 8.41. The number of rotatable bonds is 5. The van der Waals surface area contributed by atoms with E-state index in [-0.39, 0.29) is 11.4 Å². The lowest BCUT2D eigenvalue weighted by Gasteiger charge is -2.09. The van der Waals surface area contributed by atoms with Crippen molar-refractivity contribution >= 4 is 17.4 Å². The summed E-state index contributed by atoms with van der Waals surface area (Å²) in [5.41, 5.74) is 1.77. The number of aromatic nitrogens is 2. The van der Waals surface area contributed by atoms with E-state index in [2.05, 4.69) is 20.6 Å².